The zero-order valence-electron chi connectivity index (χ0n) is 4.64. The van der Waals surface area contributed by atoms with Gasteiger partial charge in [0.05, 0.1) is 6.26 Å². The Morgan fingerprint density at radius 3 is 2.43 bits per heavy atom. The molecular weight excluding hydrogens is 104 g/mol. The first-order valence-corrected chi connectivity index (χ1v) is 3.14. The predicted octanol–water partition coefficient (Wildman–Crippen LogP) is 2.23. The molecule has 0 aromatic rings. The van der Waals surface area contributed by atoms with E-state index in [-0.39, 0.29) is 0 Å². The van der Waals surface area contributed by atoms with E-state index < -0.39 is 0 Å². The van der Waals surface area contributed by atoms with Crippen molar-refractivity contribution in [1.29, 1.82) is 0 Å². The average molecular weight is 113 g/mol. The zero-order chi connectivity index (χ0) is 5.70. The van der Waals surface area contributed by atoms with Gasteiger partial charge in [-0.2, -0.15) is 0 Å². The number of hydrogen-bond donors (Lipinski definition) is 0. The second kappa shape index (κ2) is 4.25. The molecule has 39 valence electrons. The zero-order valence-corrected chi connectivity index (χ0v) is 5.46. The smallest absolute Gasteiger partial charge is 0.0693 e. The standard InChI is InChI=1S/C6H9S/c1-4-5-6(2)7-3/h4-6H,1-2H3. The van der Waals surface area contributed by atoms with Gasteiger partial charge in [0.15, 0.2) is 0 Å². The number of thioether (sulfide) groups is 1. The molecule has 0 heterocycles. The Hall–Kier alpha value is 0.0900. The maximum atomic E-state index is 6.78. The van der Waals surface area contributed by atoms with E-state index in [4.69, 9.17) is 6.26 Å². The Morgan fingerprint density at radius 2 is 2.29 bits per heavy atom. The Bertz CT molecular complexity index is 57.2. The molecule has 1 atom stereocenters. The van der Waals surface area contributed by atoms with Crippen LogP contribution in [0.5, 0.6) is 0 Å². The van der Waals surface area contributed by atoms with Crippen LogP contribution in [0.25, 0.3) is 0 Å². The molecule has 0 aromatic carbocycles. The monoisotopic (exact) mass is 113 g/mol. The molecule has 0 aliphatic rings. The van der Waals surface area contributed by atoms with Crippen molar-refractivity contribution in [3.8, 4) is 0 Å². The molecule has 0 N–H and O–H groups in total. The molecule has 1 heteroatoms. The van der Waals surface area contributed by atoms with Crippen molar-refractivity contribution in [3.63, 3.8) is 0 Å². The summed E-state index contributed by atoms with van der Waals surface area (Å²) in [4.78, 5) is 0. The fourth-order valence-electron chi connectivity index (χ4n) is 0.310. The van der Waals surface area contributed by atoms with E-state index in [1.807, 2.05) is 26.0 Å². The molecule has 0 rings (SSSR count). The van der Waals surface area contributed by atoms with E-state index in [0.717, 1.165) is 11.8 Å². The minimum Gasteiger partial charge on any atom is -0.143 e. The highest BCUT2D eigenvalue weighted by Gasteiger charge is 1.87. The molecule has 0 bridgehead atoms. The van der Waals surface area contributed by atoms with Crippen LogP contribution in [0.2, 0.25) is 0 Å². The van der Waals surface area contributed by atoms with Gasteiger partial charge in [0.1, 0.15) is 0 Å². The van der Waals surface area contributed by atoms with Crippen molar-refractivity contribution in [1.82, 2.24) is 0 Å². The topological polar surface area (TPSA) is 0 Å². The molecule has 7 heavy (non-hydrogen) atoms. The van der Waals surface area contributed by atoms with Crippen LogP contribution in [-0.2, 0) is 0 Å². The van der Waals surface area contributed by atoms with Crippen molar-refractivity contribution >= 4 is 11.8 Å². The molecule has 0 aliphatic carbocycles. The van der Waals surface area contributed by atoms with Crippen LogP contribution < -0.4 is 0 Å². The maximum Gasteiger partial charge on any atom is 0.0693 e. The fraction of sp³-hybridized carbons (Fsp3) is 0.500. The minimum absolute atomic E-state index is 0.352. The third-order valence-electron chi connectivity index (χ3n) is 0.649. The van der Waals surface area contributed by atoms with Gasteiger partial charge in [0, 0.05) is 5.25 Å². The molecule has 1 unspecified atom stereocenters. The summed E-state index contributed by atoms with van der Waals surface area (Å²) in [5, 5.41) is 0.352. The molecule has 0 aliphatic heterocycles. The quantitative estimate of drug-likeness (QED) is 0.495. The molecule has 0 saturated carbocycles. The fourth-order valence-corrected chi connectivity index (χ4v) is 0.546. The van der Waals surface area contributed by atoms with E-state index >= 15 is 0 Å². The summed E-state index contributed by atoms with van der Waals surface area (Å²) in [7, 11) is 0. The molecule has 0 spiro atoms. The van der Waals surface area contributed by atoms with E-state index in [1.165, 1.54) is 0 Å². The normalized spacial score (nSPS) is 15.3. The lowest BCUT2D eigenvalue weighted by molar-refractivity contribution is 1.25. The number of allylic oxidation sites excluding steroid dienone is 1. The summed E-state index contributed by atoms with van der Waals surface area (Å²) in [6, 6.07) is 0. The van der Waals surface area contributed by atoms with E-state index in [1.54, 1.807) is 0 Å². The van der Waals surface area contributed by atoms with Crippen molar-refractivity contribution in [2.75, 3.05) is 0 Å². The van der Waals surface area contributed by atoms with Crippen LogP contribution in [0, 0.1) is 6.26 Å². The minimum atomic E-state index is 0.352. The van der Waals surface area contributed by atoms with Gasteiger partial charge in [-0.1, -0.05) is 12.2 Å². The molecule has 0 aromatic heterocycles. The third kappa shape index (κ3) is 3.93. The summed E-state index contributed by atoms with van der Waals surface area (Å²) in [5.41, 5.74) is 0. The molecule has 0 saturated heterocycles. The summed E-state index contributed by atoms with van der Waals surface area (Å²) < 4.78 is 0. The van der Waals surface area contributed by atoms with Gasteiger partial charge in [-0.3, -0.25) is 0 Å². The van der Waals surface area contributed by atoms with Gasteiger partial charge >= 0.3 is 0 Å². The summed E-state index contributed by atoms with van der Waals surface area (Å²) in [6.45, 7) is 3.96. The first kappa shape index (κ1) is 7.09. The van der Waals surface area contributed by atoms with Gasteiger partial charge in [0.2, 0.25) is 0 Å². The van der Waals surface area contributed by atoms with E-state index in [0.29, 0.717) is 5.25 Å². The summed E-state index contributed by atoms with van der Waals surface area (Å²) >= 11 is 1.11. The van der Waals surface area contributed by atoms with Crippen molar-refractivity contribution in [2.45, 2.75) is 19.1 Å². The first-order valence-electron chi connectivity index (χ1n) is 2.26. The van der Waals surface area contributed by atoms with Gasteiger partial charge in [-0.25, -0.2) is 0 Å². The average Bonchev–Trinajstić information content (AvgIpc) is 1.68. The second-order valence-electron chi connectivity index (χ2n) is 1.35. The Balaban J connectivity index is 3.16. The maximum absolute atomic E-state index is 6.78. The summed E-state index contributed by atoms with van der Waals surface area (Å²) in [6.07, 6.45) is 10.7. The Labute approximate surface area is 50.0 Å². The highest BCUT2D eigenvalue weighted by molar-refractivity contribution is 8.01. The lowest BCUT2D eigenvalue weighted by Gasteiger charge is -1.94. The highest BCUT2D eigenvalue weighted by atomic mass is 32.2. The highest BCUT2D eigenvalue weighted by Crippen LogP contribution is 2.07. The Kier molecular flexibility index (Phi) is 4.31. The van der Waals surface area contributed by atoms with Crippen molar-refractivity contribution in [2.24, 2.45) is 0 Å². The van der Waals surface area contributed by atoms with Crippen LogP contribution in [0.3, 0.4) is 0 Å². The first-order chi connectivity index (χ1) is 3.31. The molecule has 0 amide bonds. The Morgan fingerprint density at radius 1 is 1.71 bits per heavy atom. The van der Waals surface area contributed by atoms with Gasteiger partial charge in [-0.15, -0.1) is 11.8 Å². The van der Waals surface area contributed by atoms with Gasteiger partial charge < -0.3 is 0 Å². The molecule has 3 radical (unpaired) electrons. The second-order valence-corrected chi connectivity index (χ2v) is 2.33. The molecular formula is C6H9S. The van der Waals surface area contributed by atoms with Crippen LogP contribution in [-0.4, -0.2) is 5.25 Å². The third-order valence-corrected chi connectivity index (χ3v) is 1.18. The summed E-state index contributed by atoms with van der Waals surface area (Å²) in [5.74, 6) is 0. The predicted molar refractivity (Wildman–Crippen MR) is 35.1 cm³/mol. The molecule has 0 fully saturated rings. The van der Waals surface area contributed by atoms with Crippen molar-refractivity contribution in [3.05, 3.63) is 18.4 Å². The van der Waals surface area contributed by atoms with E-state index in [9.17, 15) is 0 Å². The number of hydrogen-bond acceptors (Lipinski definition) is 1. The lowest BCUT2D eigenvalue weighted by Crippen LogP contribution is -1.83. The lowest BCUT2D eigenvalue weighted by atomic mass is 10.4. The SMILES string of the molecule is [C]SC(C)C=CC. The largest absolute Gasteiger partial charge is 0.143 e. The van der Waals surface area contributed by atoms with Crippen LogP contribution in [0.4, 0.5) is 0 Å². The van der Waals surface area contributed by atoms with Gasteiger partial charge in [0.25, 0.3) is 0 Å². The van der Waals surface area contributed by atoms with Gasteiger partial charge in [-0.05, 0) is 13.8 Å². The van der Waals surface area contributed by atoms with Crippen LogP contribution in [0.1, 0.15) is 13.8 Å². The molecule has 0 nitrogen and oxygen atoms in total. The van der Waals surface area contributed by atoms with Crippen molar-refractivity contribution < 1.29 is 0 Å². The van der Waals surface area contributed by atoms with Crippen LogP contribution in [0.15, 0.2) is 12.2 Å². The van der Waals surface area contributed by atoms with E-state index in [2.05, 4.69) is 0 Å². The van der Waals surface area contributed by atoms with Crippen LogP contribution >= 0.6 is 11.8 Å². The number of rotatable bonds is 2.